The van der Waals surface area contributed by atoms with E-state index in [4.69, 9.17) is 0 Å². The van der Waals surface area contributed by atoms with Crippen molar-refractivity contribution >= 4 is 0 Å². The van der Waals surface area contributed by atoms with Crippen molar-refractivity contribution in [3.63, 3.8) is 0 Å². The number of hydrogen-bond donors (Lipinski definition) is 1. The maximum absolute atomic E-state index is 3.65. The molecule has 0 aromatic carbocycles. The molecule has 1 aliphatic heterocycles. The van der Waals surface area contributed by atoms with Crippen LogP contribution in [0.15, 0.2) is 0 Å². The predicted molar refractivity (Wildman–Crippen MR) is 74.3 cm³/mol. The molecule has 2 aliphatic rings. The van der Waals surface area contributed by atoms with Crippen LogP contribution in [-0.2, 0) is 0 Å². The van der Waals surface area contributed by atoms with Crippen LogP contribution in [0.25, 0.3) is 0 Å². The third kappa shape index (κ3) is 3.03. The van der Waals surface area contributed by atoms with Gasteiger partial charge in [0.25, 0.3) is 0 Å². The molecule has 1 saturated carbocycles. The van der Waals surface area contributed by atoms with Crippen LogP contribution in [0.1, 0.15) is 59.8 Å². The molecule has 0 radical (unpaired) electrons. The Morgan fingerprint density at radius 3 is 2.47 bits per heavy atom. The molecule has 1 N–H and O–H groups in total. The summed E-state index contributed by atoms with van der Waals surface area (Å²) in [6.07, 6.45) is 7.20. The highest BCUT2D eigenvalue weighted by molar-refractivity contribution is 4.95. The van der Waals surface area contributed by atoms with E-state index in [2.05, 4.69) is 37.9 Å². The topological polar surface area (TPSA) is 15.3 Å². The van der Waals surface area contributed by atoms with Crippen molar-refractivity contribution in [2.45, 2.75) is 71.4 Å². The highest BCUT2D eigenvalue weighted by Crippen LogP contribution is 2.42. The Kier molecular flexibility index (Phi) is 3.84. The number of nitrogens with one attached hydrogen (secondary N) is 1. The van der Waals surface area contributed by atoms with E-state index in [9.17, 15) is 0 Å². The molecule has 0 bridgehead atoms. The van der Waals surface area contributed by atoms with Crippen molar-refractivity contribution in [3.8, 4) is 0 Å². The summed E-state index contributed by atoms with van der Waals surface area (Å²) in [4.78, 5) is 2.74. The van der Waals surface area contributed by atoms with Crippen LogP contribution in [0.4, 0.5) is 0 Å². The van der Waals surface area contributed by atoms with Crippen LogP contribution in [0.2, 0.25) is 0 Å². The van der Waals surface area contributed by atoms with Gasteiger partial charge in [0.15, 0.2) is 0 Å². The van der Waals surface area contributed by atoms with Gasteiger partial charge in [-0.15, -0.1) is 0 Å². The second kappa shape index (κ2) is 4.89. The largest absolute Gasteiger partial charge is 0.309 e. The van der Waals surface area contributed by atoms with Crippen LogP contribution >= 0.6 is 0 Å². The highest BCUT2D eigenvalue weighted by Gasteiger charge is 2.38. The van der Waals surface area contributed by atoms with E-state index in [1.165, 1.54) is 45.2 Å². The fraction of sp³-hybridized carbons (Fsp3) is 1.00. The van der Waals surface area contributed by atoms with Gasteiger partial charge in [-0.05, 0) is 45.4 Å². The molecular formula is C15H30N2. The lowest BCUT2D eigenvalue weighted by Gasteiger charge is -2.47. The summed E-state index contributed by atoms with van der Waals surface area (Å²) in [5.41, 5.74) is 0.932. The van der Waals surface area contributed by atoms with E-state index in [0.717, 1.165) is 6.54 Å². The first-order valence-corrected chi connectivity index (χ1v) is 7.45. The van der Waals surface area contributed by atoms with E-state index in [-0.39, 0.29) is 0 Å². The normalized spacial score (nSPS) is 32.8. The molecule has 0 aromatic heterocycles. The highest BCUT2D eigenvalue weighted by atomic mass is 15.2. The lowest BCUT2D eigenvalue weighted by Crippen LogP contribution is -2.62. The van der Waals surface area contributed by atoms with Gasteiger partial charge in [-0.25, -0.2) is 0 Å². The van der Waals surface area contributed by atoms with Gasteiger partial charge in [0.2, 0.25) is 0 Å². The van der Waals surface area contributed by atoms with Gasteiger partial charge in [0.05, 0.1) is 0 Å². The summed E-state index contributed by atoms with van der Waals surface area (Å²) < 4.78 is 0. The third-order valence-electron chi connectivity index (χ3n) is 5.05. The molecule has 1 heterocycles. The Morgan fingerprint density at radius 1 is 1.24 bits per heavy atom. The molecule has 1 aliphatic carbocycles. The number of nitrogens with zero attached hydrogens (tertiary/aromatic N) is 1. The minimum atomic E-state index is 0.292. The molecule has 1 unspecified atom stereocenters. The van der Waals surface area contributed by atoms with Gasteiger partial charge < -0.3 is 5.32 Å². The van der Waals surface area contributed by atoms with Crippen molar-refractivity contribution in [3.05, 3.63) is 0 Å². The molecule has 2 heteroatoms. The lowest BCUT2D eigenvalue weighted by atomic mass is 9.81. The minimum Gasteiger partial charge on any atom is -0.309 e. The van der Waals surface area contributed by atoms with Crippen molar-refractivity contribution < 1.29 is 0 Å². The molecule has 0 aromatic rings. The molecule has 0 amide bonds. The molecule has 1 atom stereocenters. The fourth-order valence-corrected chi connectivity index (χ4v) is 3.66. The first-order valence-electron chi connectivity index (χ1n) is 7.45. The quantitative estimate of drug-likeness (QED) is 0.813. The smallest absolute Gasteiger partial charge is 0.0252 e. The van der Waals surface area contributed by atoms with Crippen molar-refractivity contribution in [2.75, 3.05) is 19.6 Å². The van der Waals surface area contributed by atoms with Crippen molar-refractivity contribution in [1.82, 2.24) is 10.2 Å². The monoisotopic (exact) mass is 238 g/mol. The van der Waals surface area contributed by atoms with Crippen LogP contribution in [0, 0.1) is 5.41 Å². The molecular weight excluding hydrogens is 208 g/mol. The molecule has 1 saturated heterocycles. The fourth-order valence-electron chi connectivity index (χ4n) is 3.66. The van der Waals surface area contributed by atoms with Crippen LogP contribution in [0.5, 0.6) is 0 Å². The van der Waals surface area contributed by atoms with Crippen molar-refractivity contribution in [2.24, 2.45) is 5.41 Å². The first kappa shape index (κ1) is 13.4. The lowest BCUT2D eigenvalue weighted by molar-refractivity contribution is 0.0546. The Bertz CT molecular complexity index is 254. The first-order chi connectivity index (χ1) is 7.96. The third-order valence-corrected chi connectivity index (χ3v) is 5.05. The van der Waals surface area contributed by atoms with Crippen LogP contribution in [-0.4, -0.2) is 36.1 Å². The number of piperazine rings is 1. The zero-order chi connectivity index (χ0) is 12.5. The summed E-state index contributed by atoms with van der Waals surface area (Å²) in [6.45, 7) is 13.1. The molecule has 100 valence electrons. The minimum absolute atomic E-state index is 0.292. The Balaban J connectivity index is 2.00. The Labute approximate surface area is 107 Å². The summed E-state index contributed by atoms with van der Waals surface area (Å²) in [5, 5.41) is 3.65. The van der Waals surface area contributed by atoms with Gasteiger partial charge in [-0.1, -0.05) is 19.8 Å². The molecule has 2 fully saturated rings. The maximum Gasteiger partial charge on any atom is 0.0252 e. The average Bonchev–Trinajstić information content (AvgIpc) is 2.73. The zero-order valence-corrected chi connectivity index (χ0v) is 12.2. The Morgan fingerprint density at radius 2 is 1.88 bits per heavy atom. The van der Waals surface area contributed by atoms with E-state index >= 15 is 0 Å². The summed E-state index contributed by atoms with van der Waals surface area (Å²) >= 11 is 0. The van der Waals surface area contributed by atoms with Crippen molar-refractivity contribution in [1.29, 1.82) is 0 Å². The van der Waals surface area contributed by atoms with Gasteiger partial charge >= 0.3 is 0 Å². The predicted octanol–water partition coefficient (Wildman–Crippen LogP) is 3.03. The van der Waals surface area contributed by atoms with E-state index in [1.54, 1.807) is 0 Å². The molecule has 17 heavy (non-hydrogen) atoms. The van der Waals surface area contributed by atoms with Gasteiger partial charge in [-0.3, -0.25) is 4.90 Å². The molecule has 2 nitrogen and oxygen atoms in total. The second-order valence-corrected chi connectivity index (χ2v) is 7.08. The SMILES string of the molecule is CCC1(CN2CC(C)(C)NCC2C)CCCC1. The van der Waals surface area contributed by atoms with Gasteiger partial charge in [0, 0.05) is 31.2 Å². The average molecular weight is 238 g/mol. The van der Waals surface area contributed by atoms with E-state index in [0.29, 0.717) is 17.0 Å². The summed E-state index contributed by atoms with van der Waals surface area (Å²) in [5.74, 6) is 0. The van der Waals surface area contributed by atoms with Crippen LogP contribution in [0.3, 0.4) is 0 Å². The van der Waals surface area contributed by atoms with Crippen LogP contribution < -0.4 is 5.32 Å². The zero-order valence-electron chi connectivity index (χ0n) is 12.2. The molecule has 0 spiro atoms. The molecule has 2 rings (SSSR count). The van der Waals surface area contributed by atoms with E-state index < -0.39 is 0 Å². The number of hydrogen-bond acceptors (Lipinski definition) is 2. The summed E-state index contributed by atoms with van der Waals surface area (Å²) in [7, 11) is 0. The van der Waals surface area contributed by atoms with Gasteiger partial charge in [0.1, 0.15) is 0 Å². The van der Waals surface area contributed by atoms with E-state index in [1.807, 2.05) is 0 Å². The standard InChI is InChI=1S/C15H30N2/c1-5-15(8-6-7-9-15)12-17-11-14(3,4)16-10-13(17)2/h13,16H,5-12H2,1-4H3. The summed E-state index contributed by atoms with van der Waals surface area (Å²) in [6, 6.07) is 0.701. The maximum atomic E-state index is 3.65. The second-order valence-electron chi connectivity index (χ2n) is 7.08. The van der Waals surface area contributed by atoms with Gasteiger partial charge in [-0.2, -0.15) is 0 Å². The Hall–Kier alpha value is -0.0800. The number of rotatable bonds is 3.